The molecule has 26 heavy (non-hydrogen) atoms. The lowest BCUT2D eigenvalue weighted by Gasteiger charge is -2.37. The highest BCUT2D eigenvalue weighted by Crippen LogP contribution is 2.44. The molecule has 2 aliphatic rings. The molecular formula is C20H28ClN3O2. The zero-order chi connectivity index (χ0) is 18.7. The van der Waals surface area contributed by atoms with Gasteiger partial charge in [-0.2, -0.15) is 0 Å². The number of benzene rings is 1. The molecule has 2 atom stereocenters. The van der Waals surface area contributed by atoms with E-state index < -0.39 is 0 Å². The first kappa shape index (κ1) is 19.2. The summed E-state index contributed by atoms with van der Waals surface area (Å²) in [5.41, 5.74) is 0.769. The van der Waals surface area contributed by atoms with Crippen LogP contribution in [0.3, 0.4) is 0 Å². The third kappa shape index (κ3) is 3.89. The second kappa shape index (κ2) is 7.97. The standard InChI is InChI=1S/C20H28ClN3O2/c1-13(2)10-23-18(25)16-7-6-15(9-17(16)21)24-19(26)20-8-4-3-5-14(20)11-22-12-20/h6-7,9,13-14,22H,3-5,8,10-12H2,1-2H3,(H,23,25)(H,24,26)/t14-,20+/m0/s1. The minimum atomic E-state index is -0.308. The number of rotatable bonds is 5. The lowest BCUT2D eigenvalue weighted by Crippen LogP contribution is -2.44. The summed E-state index contributed by atoms with van der Waals surface area (Å²) >= 11 is 6.29. The summed E-state index contributed by atoms with van der Waals surface area (Å²) < 4.78 is 0. The van der Waals surface area contributed by atoms with E-state index in [2.05, 4.69) is 16.0 Å². The Morgan fingerprint density at radius 1 is 1.35 bits per heavy atom. The SMILES string of the molecule is CC(C)CNC(=O)c1ccc(NC(=O)[C@@]23CCCC[C@H]2CNC3)cc1Cl. The third-order valence-corrected chi connectivity index (χ3v) is 5.95. The first-order valence-corrected chi connectivity index (χ1v) is 9.90. The Balaban J connectivity index is 1.69. The smallest absolute Gasteiger partial charge is 0.252 e. The highest BCUT2D eigenvalue weighted by molar-refractivity contribution is 6.34. The molecule has 5 nitrogen and oxygen atoms in total. The van der Waals surface area contributed by atoms with Crippen molar-refractivity contribution in [3.63, 3.8) is 0 Å². The van der Waals surface area contributed by atoms with Gasteiger partial charge in [0.05, 0.1) is 16.0 Å². The normalized spacial score (nSPS) is 25.0. The van der Waals surface area contributed by atoms with Crippen molar-refractivity contribution in [2.75, 3.05) is 25.0 Å². The van der Waals surface area contributed by atoms with Crippen LogP contribution in [-0.2, 0) is 4.79 Å². The predicted octanol–water partition coefficient (Wildman–Crippen LogP) is 3.44. The molecule has 1 heterocycles. The van der Waals surface area contributed by atoms with Gasteiger partial charge in [-0.15, -0.1) is 0 Å². The fourth-order valence-corrected chi connectivity index (χ4v) is 4.38. The minimum absolute atomic E-state index is 0.0697. The largest absolute Gasteiger partial charge is 0.352 e. The molecule has 142 valence electrons. The van der Waals surface area contributed by atoms with Crippen molar-refractivity contribution in [3.8, 4) is 0 Å². The van der Waals surface area contributed by atoms with Gasteiger partial charge < -0.3 is 16.0 Å². The molecular weight excluding hydrogens is 350 g/mol. The van der Waals surface area contributed by atoms with Crippen molar-refractivity contribution in [1.82, 2.24) is 10.6 Å². The number of carbonyl (C=O) groups is 2. The Kier molecular flexibility index (Phi) is 5.88. The predicted molar refractivity (Wildman–Crippen MR) is 105 cm³/mol. The van der Waals surface area contributed by atoms with Gasteiger partial charge in [0.2, 0.25) is 5.91 Å². The van der Waals surface area contributed by atoms with Gasteiger partial charge in [0, 0.05) is 18.8 Å². The van der Waals surface area contributed by atoms with Gasteiger partial charge in [-0.05, 0) is 49.4 Å². The number of anilines is 1. The molecule has 0 aromatic heterocycles. The van der Waals surface area contributed by atoms with E-state index in [-0.39, 0.29) is 17.2 Å². The molecule has 0 unspecified atom stereocenters. The van der Waals surface area contributed by atoms with Crippen molar-refractivity contribution in [3.05, 3.63) is 28.8 Å². The number of amides is 2. The van der Waals surface area contributed by atoms with E-state index in [0.29, 0.717) is 34.7 Å². The summed E-state index contributed by atoms with van der Waals surface area (Å²) in [5.74, 6) is 0.666. The van der Waals surface area contributed by atoms with Crippen LogP contribution in [0.15, 0.2) is 18.2 Å². The molecule has 0 bridgehead atoms. The van der Waals surface area contributed by atoms with E-state index in [0.717, 1.165) is 32.4 Å². The van der Waals surface area contributed by atoms with Crippen LogP contribution in [0, 0.1) is 17.3 Å². The van der Waals surface area contributed by atoms with Crippen LogP contribution < -0.4 is 16.0 Å². The molecule has 0 radical (unpaired) electrons. The average Bonchev–Trinajstić information content (AvgIpc) is 3.05. The van der Waals surface area contributed by atoms with Crippen LogP contribution >= 0.6 is 11.6 Å². The Hall–Kier alpha value is -1.59. The zero-order valence-electron chi connectivity index (χ0n) is 15.5. The summed E-state index contributed by atoms with van der Waals surface area (Å²) in [7, 11) is 0. The molecule has 1 aliphatic heterocycles. The van der Waals surface area contributed by atoms with Crippen LogP contribution in [-0.4, -0.2) is 31.4 Å². The molecule has 1 aliphatic carbocycles. The number of hydrogen-bond donors (Lipinski definition) is 3. The van der Waals surface area contributed by atoms with Crippen molar-refractivity contribution in [2.45, 2.75) is 39.5 Å². The molecule has 2 amide bonds. The third-order valence-electron chi connectivity index (χ3n) is 5.63. The molecule has 3 rings (SSSR count). The van der Waals surface area contributed by atoms with Gasteiger partial charge in [-0.3, -0.25) is 9.59 Å². The number of carbonyl (C=O) groups excluding carboxylic acids is 2. The fraction of sp³-hybridized carbons (Fsp3) is 0.600. The average molecular weight is 378 g/mol. The van der Waals surface area contributed by atoms with E-state index >= 15 is 0 Å². The highest BCUT2D eigenvalue weighted by Gasteiger charge is 2.49. The topological polar surface area (TPSA) is 70.2 Å². The maximum absolute atomic E-state index is 13.0. The van der Waals surface area contributed by atoms with Gasteiger partial charge in [0.1, 0.15) is 0 Å². The molecule has 1 aromatic carbocycles. The Morgan fingerprint density at radius 2 is 2.15 bits per heavy atom. The van der Waals surface area contributed by atoms with Crippen LogP contribution in [0.4, 0.5) is 5.69 Å². The summed E-state index contributed by atoms with van der Waals surface area (Å²) in [6.07, 6.45) is 4.34. The molecule has 6 heteroatoms. The maximum Gasteiger partial charge on any atom is 0.252 e. The molecule has 1 saturated heterocycles. The Labute approximate surface area is 160 Å². The van der Waals surface area contributed by atoms with Crippen LogP contribution in [0.5, 0.6) is 0 Å². The molecule has 3 N–H and O–H groups in total. The van der Waals surface area contributed by atoms with E-state index in [1.54, 1.807) is 18.2 Å². The van der Waals surface area contributed by atoms with Gasteiger partial charge in [-0.1, -0.05) is 38.3 Å². The molecule has 1 aromatic rings. The lowest BCUT2D eigenvalue weighted by molar-refractivity contribution is -0.128. The van der Waals surface area contributed by atoms with E-state index in [4.69, 9.17) is 11.6 Å². The number of nitrogens with one attached hydrogen (secondary N) is 3. The van der Waals surface area contributed by atoms with Crippen molar-refractivity contribution < 1.29 is 9.59 Å². The summed E-state index contributed by atoms with van der Waals surface area (Å²) in [6, 6.07) is 5.10. The monoisotopic (exact) mass is 377 g/mol. The fourth-order valence-electron chi connectivity index (χ4n) is 4.12. The molecule has 1 saturated carbocycles. The van der Waals surface area contributed by atoms with Crippen LogP contribution in [0.25, 0.3) is 0 Å². The van der Waals surface area contributed by atoms with Crippen LogP contribution in [0.2, 0.25) is 5.02 Å². The second-order valence-electron chi connectivity index (χ2n) is 7.98. The number of halogens is 1. The first-order chi connectivity index (χ1) is 12.4. The number of fused-ring (bicyclic) bond motifs is 1. The first-order valence-electron chi connectivity index (χ1n) is 9.52. The summed E-state index contributed by atoms with van der Waals surface area (Å²) in [5, 5.41) is 9.64. The Bertz CT molecular complexity index is 692. The number of hydrogen-bond acceptors (Lipinski definition) is 3. The van der Waals surface area contributed by atoms with Crippen molar-refractivity contribution in [2.24, 2.45) is 17.3 Å². The van der Waals surface area contributed by atoms with Crippen molar-refractivity contribution in [1.29, 1.82) is 0 Å². The van der Waals surface area contributed by atoms with E-state index in [1.807, 2.05) is 13.8 Å². The van der Waals surface area contributed by atoms with Gasteiger partial charge in [-0.25, -0.2) is 0 Å². The Morgan fingerprint density at radius 3 is 2.88 bits per heavy atom. The molecule has 0 spiro atoms. The quantitative estimate of drug-likeness (QED) is 0.736. The molecule has 2 fully saturated rings. The maximum atomic E-state index is 13.0. The van der Waals surface area contributed by atoms with Gasteiger partial charge in [0.15, 0.2) is 0 Å². The second-order valence-corrected chi connectivity index (χ2v) is 8.39. The van der Waals surface area contributed by atoms with E-state index in [1.165, 1.54) is 6.42 Å². The van der Waals surface area contributed by atoms with Crippen molar-refractivity contribution >= 4 is 29.1 Å². The van der Waals surface area contributed by atoms with Gasteiger partial charge >= 0.3 is 0 Å². The highest BCUT2D eigenvalue weighted by atomic mass is 35.5. The lowest BCUT2D eigenvalue weighted by atomic mass is 9.67. The zero-order valence-corrected chi connectivity index (χ0v) is 16.3. The summed E-state index contributed by atoms with van der Waals surface area (Å²) in [4.78, 5) is 25.2. The van der Waals surface area contributed by atoms with Crippen LogP contribution in [0.1, 0.15) is 49.9 Å². The van der Waals surface area contributed by atoms with Gasteiger partial charge in [0.25, 0.3) is 5.91 Å². The van der Waals surface area contributed by atoms with E-state index in [9.17, 15) is 9.59 Å². The minimum Gasteiger partial charge on any atom is -0.352 e. The summed E-state index contributed by atoms with van der Waals surface area (Å²) in [6.45, 7) is 6.34.